The van der Waals surface area contributed by atoms with Gasteiger partial charge in [-0.1, -0.05) is 6.08 Å². The Hall–Kier alpha value is -2.74. The molecule has 0 atom stereocenters. The van der Waals surface area contributed by atoms with Gasteiger partial charge < -0.3 is 14.6 Å². The molecule has 0 amide bonds. The molecule has 1 heterocycles. The molecular formula is C22H29NO6S. The Bertz CT molecular complexity index is 987. The van der Waals surface area contributed by atoms with Crippen LogP contribution in [-0.2, 0) is 14.8 Å². The molecule has 1 aliphatic heterocycles. The molecule has 0 bridgehead atoms. The maximum atomic E-state index is 13.7. The smallest absolute Gasteiger partial charge is 0.264 e. The summed E-state index contributed by atoms with van der Waals surface area (Å²) in [4.78, 5) is 12.4. The first-order valence-corrected chi connectivity index (χ1v) is 11.1. The van der Waals surface area contributed by atoms with E-state index < -0.39 is 15.8 Å². The zero-order chi connectivity index (χ0) is 22.5. The number of sulfonamides is 1. The molecule has 0 spiro atoms. The Kier molecular flexibility index (Phi) is 7.72. The van der Waals surface area contributed by atoms with E-state index in [1.165, 1.54) is 50.6 Å². The molecule has 0 radical (unpaired) electrons. The number of methoxy groups -OCH3 is 2. The maximum Gasteiger partial charge on any atom is 0.264 e. The summed E-state index contributed by atoms with van der Waals surface area (Å²) in [6, 6.07) is 4.36. The summed E-state index contributed by atoms with van der Waals surface area (Å²) in [7, 11) is -1.15. The van der Waals surface area contributed by atoms with Gasteiger partial charge in [0, 0.05) is 12.6 Å². The van der Waals surface area contributed by atoms with Crippen molar-refractivity contribution in [2.24, 2.45) is 0 Å². The highest BCUT2D eigenvalue weighted by Crippen LogP contribution is 2.37. The molecule has 1 N–H and O–H groups in total. The van der Waals surface area contributed by atoms with Crippen LogP contribution in [0.1, 0.15) is 39.5 Å². The molecule has 2 rings (SSSR count). The second kappa shape index (κ2) is 9.84. The molecule has 0 fully saturated rings. The third-order valence-electron chi connectivity index (χ3n) is 4.96. The van der Waals surface area contributed by atoms with Crippen molar-refractivity contribution in [3.63, 3.8) is 0 Å². The van der Waals surface area contributed by atoms with Gasteiger partial charge in [0.2, 0.25) is 0 Å². The average molecular weight is 436 g/mol. The van der Waals surface area contributed by atoms with Crippen LogP contribution >= 0.6 is 0 Å². The summed E-state index contributed by atoms with van der Waals surface area (Å²) in [5.74, 6) is 0.0753. The molecule has 1 aromatic rings. The van der Waals surface area contributed by atoms with Gasteiger partial charge in [0.25, 0.3) is 10.0 Å². The van der Waals surface area contributed by atoms with E-state index in [2.05, 4.69) is 6.58 Å². The van der Waals surface area contributed by atoms with E-state index in [1.54, 1.807) is 6.08 Å². The zero-order valence-corrected chi connectivity index (χ0v) is 18.7. The fraction of sp³-hybridized carbons (Fsp3) is 0.409. The van der Waals surface area contributed by atoms with Crippen molar-refractivity contribution < 1.29 is 27.8 Å². The maximum absolute atomic E-state index is 13.7. The number of aliphatic hydroxyl groups is 1. The molecular weight excluding hydrogens is 406 g/mol. The zero-order valence-electron chi connectivity index (χ0n) is 17.9. The number of nitrogens with zero attached hydrogens (tertiary/aromatic N) is 1. The number of hydrogen-bond acceptors (Lipinski definition) is 6. The van der Waals surface area contributed by atoms with Crippen molar-refractivity contribution in [3.8, 4) is 11.5 Å². The van der Waals surface area contributed by atoms with Crippen LogP contribution in [0.2, 0.25) is 0 Å². The largest absolute Gasteiger partial charge is 0.512 e. The standard InChI is InChI=1S/C22H29NO6S/c1-6-9-17-10-7-8-13-23(22(17)21(15(2)24)16(3)25)30(26,27)18-11-12-19(28-4)20(14-18)29-5/h6,11-12,14,24H,1,7-10,13H2,2-5H3. The third kappa shape index (κ3) is 4.70. The van der Waals surface area contributed by atoms with Crippen molar-refractivity contribution in [3.05, 3.63) is 53.5 Å². The van der Waals surface area contributed by atoms with Gasteiger partial charge in [0.15, 0.2) is 17.3 Å². The first kappa shape index (κ1) is 23.5. The first-order chi connectivity index (χ1) is 14.2. The number of benzene rings is 1. The number of ether oxygens (including phenoxy) is 2. The lowest BCUT2D eigenvalue weighted by Gasteiger charge is -2.29. The summed E-state index contributed by atoms with van der Waals surface area (Å²) < 4.78 is 39.0. The lowest BCUT2D eigenvalue weighted by Crippen LogP contribution is -2.34. The van der Waals surface area contributed by atoms with Crippen LogP contribution in [0.4, 0.5) is 0 Å². The van der Waals surface area contributed by atoms with Crippen molar-refractivity contribution in [1.29, 1.82) is 0 Å². The molecule has 0 saturated carbocycles. The first-order valence-electron chi connectivity index (χ1n) is 9.67. The number of hydrogen-bond donors (Lipinski definition) is 1. The third-order valence-corrected chi connectivity index (χ3v) is 6.75. The van der Waals surface area contributed by atoms with Gasteiger partial charge in [-0.05, 0) is 57.2 Å². The molecule has 1 aromatic carbocycles. The second-order valence-electron chi connectivity index (χ2n) is 7.01. The van der Waals surface area contributed by atoms with E-state index >= 15 is 0 Å². The van der Waals surface area contributed by atoms with E-state index in [9.17, 15) is 18.3 Å². The number of carbonyl (C=O) groups excluding carboxylic acids is 1. The van der Waals surface area contributed by atoms with Gasteiger partial charge in [-0.15, -0.1) is 6.58 Å². The number of Topliss-reactive ketones (excluding diaryl/α,β-unsaturated/α-hetero) is 1. The van der Waals surface area contributed by atoms with Crippen LogP contribution in [0.15, 0.2) is 58.4 Å². The molecule has 7 nitrogen and oxygen atoms in total. The van der Waals surface area contributed by atoms with Crippen molar-refractivity contribution in [2.45, 2.75) is 44.4 Å². The fourth-order valence-corrected chi connectivity index (χ4v) is 5.19. The minimum Gasteiger partial charge on any atom is -0.512 e. The fourth-order valence-electron chi connectivity index (χ4n) is 3.61. The molecule has 30 heavy (non-hydrogen) atoms. The monoisotopic (exact) mass is 435 g/mol. The van der Waals surface area contributed by atoms with E-state index in [0.29, 0.717) is 25.0 Å². The Morgan fingerprint density at radius 3 is 2.40 bits per heavy atom. The Labute approximate surface area is 178 Å². The minimum absolute atomic E-state index is 0.0102. The van der Waals surface area contributed by atoms with Crippen LogP contribution in [0.5, 0.6) is 11.5 Å². The Morgan fingerprint density at radius 2 is 1.87 bits per heavy atom. The highest BCUT2D eigenvalue weighted by atomic mass is 32.2. The van der Waals surface area contributed by atoms with Gasteiger partial charge in [0.05, 0.1) is 30.4 Å². The van der Waals surface area contributed by atoms with Crippen molar-refractivity contribution in [1.82, 2.24) is 4.31 Å². The SMILES string of the molecule is C=CCC1=C(C(C(C)=O)=C(C)O)N(S(=O)(=O)c2ccc(OC)c(OC)c2)CCCC1. The van der Waals surface area contributed by atoms with E-state index in [0.717, 1.165) is 12.0 Å². The highest BCUT2D eigenvalue weighted by Gasteiger charge is 2.34. The summed E-state index contributed by atoms with van der Waals surface area (Å²) in [5, 5.41) is 10.3. The van der Waals surface area contributed by atoms with Crippen molar-refractivity contribution in [2.75, 3.05) is 20.8 Å². The summed E-state index contributed by atoms with van der Waals surface area (Å²) in [6.07, 6.45) is 4.08. The van der Waals surface area contributed by atoms with Gasteiger partial charge >= 0.3 is 0 Å². The van der Waals surface area contributed by atoms with E-state index in [1.807, 2.05) is 0 Å². The molecule has 0 aliphatic carbocycles. The van der Waals surface area contributed by atoms with E-state index in [4.69, 9.17) is 9.47 Å². The van der Waals surface area contributed by atoms with Crippen LogP contribution in [0.3, 0.4) is 0 Å². The molecule has 164 valence electrons. The normalized spacial score (nSPS) is 15.9. The molecule has 8 heteroatoms. The topological polar surface area (TPSA) is 93.1 Å². The number of rotatable bonds is 8. The number of aliphatic hydroxyl groups excluding tert-OH is 1. The lowest BCUT2D eigenvalue weighted by molar-refractivity contribution is -0.113. The van der Waals surface area contributed by atoms with Crippen LogP contribution in [0, 0.1) is 0 Å². The minimum atomic E-state index is -4.05. The molecule has 0 aromatic heterocycles. The molecule has 0 unspecified atom stereocenters. The number of carbonyl (C=O) groups is 1. The van der Waals surface area contributed by atoms with Crippen LogP contribution in [0.25, 0.3) is 0 Å². The second-order valence-corrected chi connectivity index (χ2v) is 8.87. The summed E-state index contributed by atoms with van der Waals surface area (Å²) in [6.45, 7) is 6.66. The Morgan fingerprint density at radius 1 is 1.20 bits per heavy atom. The average Bonchev–Trinajstić information content (AvgIpc) is 2.90. The van der Waals surface area contributed by atoms with Crippen molar-refractivity contribution >= 4 is 15.8 Å². The summed E-state index contributed by atoms with van der Waals surface area (Å²) in [5.41, 5.74) is 1.01. The number of ketones is 1. The lowest BCUT2D eigenvalue weighted by atomic mass is 9.97. The van der Waals surface area contributed by atoms with Gasteiger partial charge in [-0.25, -0.2) is 8.42 Å². The van der Waals surface area contributed by atoms with E-state index in [-0.39, 0.29) is 34.2 Å². The quantitative estimate of drug-likeness (QED) is 0.375. The number of allylic oxidation sites excluding steroid dienone is 4. The highest BCUT2D eigenvalue weighted by molar-refractivity contribution is 7.89. The predicted molar refractivity (Wildman–Crippen MR) is 115 cm³/mol. The Balaban J connectivity index is 2.77. The molecule has 0 saturated heterocycles. The van der Waals surface area contributed by atoms with Gasteiger partial charge in [0.1, 0.15) is 5.76 Å². The van der Waals surface area contributed by atoms with Crippen LogP contribution < -0.4 is 9.47 Å². The van der Waals surface area contributed by atoms with Gasteiger partial charge in [-0.3, -0.25) is 9.10 Å². The predicted octanol–water partition coefficient (Wildman–Crippen LogP) is 4.13. The van der Waals surface area contributed by atoms with Crippen LogP contribution in [-0.4, -0.2) is 44.4 Å². The summed E-state index contributed by atoms with van der Waals surface area (Å²) >= 11 is 0. The molecule has 1 aliphatic rings. The van der Waals surface area contributed by atoms with Gasteiger partial charge in [-0.2, -0.15) is 0 Å².